The summed E-state index contributed by atoms with van der Waals surface area (Å²) < 4.78 is 19.3. The summed E-state index contributed by atoms with van der Waals surface area (Å²) in [5, 5.41) is 11.4. The van der Waals surface area contributed by atoms with Crippen molar-refractivity contribution < 1.29 is 9.50 Å². The molecule has 6 heteroatoms. The smallest absolute Gasteiger partial charge is 0.129 e. The zero-order chi connectivity index (χ0) is 30.5. The van der Waals surface area contributed by atoms with Crippen LogP contribution in [0.15, 0.2) is 90.8 Å². The van der Waals surface area contributed by atoms with Crippen LogP contribution in [0.1, 0.15) is 94.3 Å². The number of aromatic nitrogens is 4. The Hall–Kier alpha value is -3.77. The minimum absolute atomic E-state index is 0.186. The lowest BCUT2D eigenvalue weighted by molar-refractivity contribution is 0.0741. The normalized spacial score (nSPS) is 26.0. The van der Waals surface area contributed by atoms with E-state index in [1.807, 2.05) is 23.2 Å². The Morgan fingerprint density at radius 3 is 2.53 bits per heavy atom. The summed E-state index contributed by atoms with van der Waals surface area (Å²) in [7, 11) is 0. The van der Waals surface area contributed by atoms with E-state index in [2.05, 4.69) is 57.9 Å². The van der Waals surface area contributed by atoms with Crippen LogP contribution in [0.5, 0.6) is 0 Å². The monoisotopic (exact) mass is 602 g/mol. The third-order valence-corrected chi connectivity index (χ3v) is 11.4. The number of hydrogen-bond acceptors (Lipinski definition) is 3. The Bertz CT molecular complexity index is 1750. The maximum absolute atomic E-state index is 14.9. The summed E-state index contributed by atoms with van der Waals surface area (Å²) in [5.74, 6) is 1.44. The molecule has 5 unspecified atom stereocenters. The summed E-state index contributed by atoms with van der Waals surface area (Å²) >= 11 is 0. The van der Waals surface area contributed by atoms with Crippen LogP contribution < -0.4 is 0 Å². The van der Waals surface area contributed by atoms with E-state index in [1.165, 1.54) is 55.0 Å². The van der Waals surface area contributed by atoms with Crippen molar-refractivity contribution in [2.45, 2.75) is 89.3 Å². The van der Waals surface area contributed by atoms with Gasteiger partial charge in [-0.05, 0) is 87.7 Å². The molecule has 0 spiro atoms. The van der Waals surface area contributed by atoms with Gasteiger partial charge in [-0.1, -0.05) is 72.5 Å². The van der Waals surface area contributed by atoms with Crippen molar-refractivity contribution in [3.8, 4) is 22.5 Å². The molecule has 4 heterocycles. The van der Waals surface area contributed by atoms with E-state index in [9.17, 15) is 9.50 Å². The number of rotatable bonds is 7. The Morgan fingerprint density at radius 1 is 0.933 bits per heavy atom. The molecule has 2 aliphatic heterocycles. The first-order valence-electron chi connectivity index (χ1n) is 17.0. The highest BCUT2D eigenvalue weighted by Crippen LogP contribution is 2.45. The van der Waals surface area contributed by atoms with Gasteiger partial charge in [-0.25, -0.2) is 14.4 Å². The molecule has 4 aromatic rings. The van der Waals surface area contributed by atoms with Gasteiger partial charge in [0.2, 0.25) is 0 Å². The zero-order valence-corrected chi connectivity index (χ0v) is 26.2. The van der Waals surface area contributed by atoms with Gasteiger partial charge in [-0.3, -0.25) is 0 Å². The lowest BCUT2D eigenvalue weighted by Crippen LogP contribution is -2.27. The van der Waals surface area contributed by atoms with E-state index < -0.39 is 6.10 Å². The van der Waals surface area contributed by atoms with Gasteiger partial charge < -0.3 is 14.2 Å². The molecule has 232 valence electrons. The van der Waals surface area contributed by atoms with Crippen LogP contribution in [0.4, 0.5) is 4.39 Å². The predicted molar refractivity (Wildman–Crippen MR) is 176 cm³/mol. The Morgan fingerprint density at radius 2 is 1.69 bits per heavy atom. The molecular formula is C39H43FN4O. The Balaban J connectivity index is 0.872. The fourth-order valence-corrected chi connectivity index (χ4v) is 9.05. The summed E-state index contributed by atoms with van der Waals surface area (Å²) in [5.41, 5.74) is 9.67. The topological polar surface area (TPSA) is 55.9 Å². The minimum Gasteiger partial charge on any atom is -0.393 e. The number of halogens is 1. The molecule has 45 heavy (non-hydrogen) atoms. The first-order valence-corrected chi connectivity index (χ1v) is 17.0. The van der Waals surface area contributed by atoms with Crippen LogP contribution in [-0.2, 0) is 0 Å². The van der Waals surface area contributed by atoms with Crippen molar-refractivity contribution in [2.24, 2.45) is 17.8 Å². The number of nitrogens with zero attached hydrogens (tertiary/aromatic N) is 4. The minimum atomic E-state index is -0.450. The van der Waals surface area contributed by atoms with Crippen LogP contribution in [0.3, 0.4) is 0 Å². The second kappa shape index (κ2) is 11.9. The Labute approximate surface area is 265 Å². The maximum Gasteiger partial charge on any atom is 0.129 e. The van der Waals surface area contributed by atoms with Crippen LogP contribution in [-0.4, -0.2) is 30.3 Å². The van der Waals surface area contributed by atoms with Gasteiger partial charge in [-0.2, -0.15) is 0 Å². The third-order valence-electron chi connectivity index (χ3n) is 11.4. The van der Waals surface area contributed by atoms with Gasteiger partial charge in [0.1, 0.15) is 5.82 Å². The van der Waals surface area contributed by atoms with Gasteiger partial charge in [0.15, 0.2) is 0 Å². The highest BCUT2D eigenvalue weighted by Gasteiger charge is 2.35. The largest absolute Gasteiger partial charge is 0.393 e. The number of fused-ring (bicyclic) bond motifs is 6. The number of aliphatic hydroxyl groups is 1. The lowest BCUT2D eigenvalue weighted by atomic mass is 9.75. The van der Waals surface area contributed by atoms with Gasteiger partial charge in [0.05, 0.1) is 54.6 Å². The van der Waals surface area contributed by atoms with E-state index in [0.717, 1.165) is 42.9 Å². The second-order valence-corrected chi connectivity index (χ2v) is 14.0. The number of benzene rings is 2. The molecule has 8 rings (SSSR count). The summed E-state index contributed by atoms with van der Waals surface area (Å²) in [6.07, 6.45) is 23.1. The van der Waals surface area contributed by atoms with Crippen molar-refractivity contribution in [3.63, 3.8) is 0 Å². The maximum atomic E-state index is 14.9. The molecule has 0 amide bonds. The molecule has 5 nitrogen and oxygen atoms in total. The second-order valence-electron chi connectivity index (χ2n) is 14.0. The number of hydrogen-bond donors (Lipinski definition) is 1. The van der Waals surface area contributed by atoms with Gasteiger partial charge >= 0.3 is 0 Å². The Kier molecular flexibility index (Phi) is 7.57. The van der Waals surface area contributed by atoms with Gasteiger partial charge in [0, 0.05) is 16.7 Å². The number of imidazole rings is 2. The molecule has 4 aliphatic rings. The highest BCUT2D eigenvalue weighted by atomic mass is 19.1. The number of aliphatic hydroxyl groups excluding tert-OH is 1. The molecule has 2 aromatic heterocycles. The molecule has 0 radical (unpaired) electrons. The predicted octanol–water partition coefficient (Wildman–Crippen LogP) is 9.07. The quantitative estimate of drug-likeness (QED) is 0.215. The molecule has 2 aromatic carbocycles. The van der Waals surface area contributed by atoms with Crippen molar-refractivity contribution >= 4 is 0 Å². The standard InChI is InChI=1S/C39H43FN4O/c1-25(18-27-7-4-6-26(19-27)12-17-34-30-8-2-3-9-31(30)36-21-41-23-43(34)36)28-13-15-29(16-14-28)38(45)20-35-39-32(10-5-11-33(39)40)37-22-42-24-44(35)37/h2-3,5,8-12,17,21-24,26-27,29,34-35,38,45H,4,6-7,13-16,18-20H2,1H3/b17-12+,28-25?. The van der Waals surface area contributed by atoms with E-state index in [-0.39, 0.29) is 23.8 Å². The zero-order valence-electron chi connectivity index (χ0n) is 26.2. The lowest BCUT2D eigenvalue weighted by Gasteiger charge is -2.32. The fraction of sp³-hybridized carbons (Fsp3) is 0.436. The molecule has 2 aliphatic carbocycles. The molecule has 5 atom stereocenters. The SMILES string of the molecule is CC(CC1CCCC(/C=C/C2c3ccccc3-c3cncn32)C1)=C1CCC(C(O)CC2c3c(F)cccc3-c3cncn32)CC1. The van der Waals surface area contributed by atoms with Gasteiger partial charge in [-0.15, -0.1) is 0 Å². The van der Waals surface area contributed by atoms with E-state index in [1.54, 1.807) is 29.7 Å². The highest BCUT2D eigenvalue weighted by molar-refractivity contribution is 5.70. The third kappa shape index (κ3) is 5.21. The first-order chi connectivity index (χ1) is 22.0. The molecule has 2 fully saturated rings. The van der Waals surface area contributed by atoms with Gasteiger partial charge in [0.25, 0.3) is 0 Å². The summed E-state index contributed by atoms with van der Waals surface area (Å²) in [4.78, 5) is 8.74. The van der Waals surface area contributed by atoms with Crippen LogP contribution >= 0.6 is 0 Å². The van der Waals surface area contributed by atoms with Crippen molar-refractivity contribution in [2.75, 3.05) is 0 Å². The fourth-order valence-electron chi connectivity index (χ4n) is 9.05. The van der Waals surface area contributed by atoms with E-state index in [0.29, 0.717) is 17.9 Å². The van der Waals surface area contributed by atoms with Crippen LogP contribution in [0, 0.1) is 23.6 Å². The van der Waals surface area contributed by atoms with Crippen molar-refractivity contribution in [1.82, 2.24) is 19.1 Å². The first kappa shape index (κ1) is 28.7. The van der Waals surface area contributed by atoms with E-state index in [4.69, 9.17) is 0 Å². The molecule has 2 saturated carbocycles. The molecular weight excluding hydrogens is 559 g/mol. The number of allylic oxidation sites excluding steroid dienone is 4. The van der Waals surface area contributed by atoms with E-state index >= 15 is 0 Å². The average Bonchev–Trinajstić information content (AvgIpc) is 3.84. The van der Waals surface area contributed by atoms with Crippen molar-refractivity contribution in [3.05, 3.63) is 108 Å². The molecule has 0 bridgehead atoms. The average molecular weight is 603 g/mol. The molecule has 0 saturated heterocycles. The molecule has 1 N–H and O–H groups in total. The van der Waals surface area contributed by atoms with Crippen LogP contribution in [0.2, 0.25) is 0 Å². The summed E-state index contributed by atoms with van der Waals surface area (Å²) in [6.45, 7) is 2.36. The van der Waals surface area contributed by atoms with Crippen molar-refractivity contribution in [1.29, 1.82) is 0 Å². The summed E-state index contributed by atoms with van der Waals surface area (Å²) in [6, 6.07) is 14.1. The van der Waals surface area contributed by atoms with Crippen LogP contribution in [0.25, 0.3) is 22.5 Å².